The van der Waals surface area contributed by atoms with Crippen molar-refractivity contribution in [3.63, 3.8) is 0 Å². The van der Waals surface area contributed by atoms with Crippen LogP contribution in [-0.4, -0.2) is 29.1 Å². The fourth-order valence-corrected chi connectivity index (χ4v) is 4.27. The van der Waals surface area contributed by atoms with Gasteiger partial charge in [-0.05, 0) is 12.1 Å². The minimum absolute atomic E-state index is 0.118. The first-order valence-electron chi connectivity index (χ1n) is 4.85. The maximum atomic E-state index is 12.0. The molecule has 1 heterocycles. The molecule has 2 rings (SSSR count). The molecule has 1 atom stereocenters. The summed E-state index contributed by atoms with van der Waals surface area (Å²) >= 11 is 0. The van der Waals surface area contributed by atoms with Gasteiger partial charge in [-0.3, -0.25) is 0 Å². The molecule has 0 saturated heterocycles. The van der Waals surface area contributed by atoms with E-state index in [0.717, 1.165) is 6.26 Å². The maximum absolute atomic E-state index is 12.0. The standard InChI is InChI=1S/C9H8ClN3O4S2/c1-18(14,13-19(10,15)16)9-12-11-8(17-9)7-5-3-2-4-6-7/h2-6H,1H3/t18-/m1/s1. The van der Waals surface area contributed by atoms with E-state index in [9.17, 15) is 12.6 Å². The second-order valence-electron chi connectivity index (χ2n) is 3.53. The minimum Gasteiger partial charge on any atom is -0.409 e. The van der Waals surface area contributed by atoms with Crippen molar-refractivity contribution in [2.45, 2.75) is 5.22 Å². The zero-order valence-corrected chi connectivity index (χ0v) is 11.9. The van der Waals surface area contributed by atoms with Crippen LogP contribution in [0.3, 0.4) is 0 Å². The molecule has 0 radical (unpaired) electrons. The third-order valence-electron chi connectivity index (χ3n) is 1.98. The Labute approximate surface area is 114 Å². The first kappa shape index (κ1) is 14.0. The van der Waals surface area contributed by atoms with E-state index >= 15 is 0 Å². The number of nitrogens with zero attached hydrogens (tertiary/aromatic N) is 3. The van der Waals surface area contributed by atoms with Crippen molar-refractivity contribution in [1.29, 1.82) is 0 Å². The Kier molecular flexibility index (Phi) is 3.61. The van der Waals surface area contributed by atoms with Gasteiger partial charge < -0.3 is 4.42 Å². The molecule has 1 aromatic carbocycles. The van der Waals surface area contributed by atoms with Gasteiger partial charge in [0.05, 0.1) is 0 Å². The summed E-state index contributed by atoms with van der Waals surface area (Å²) in [6.07, 6.45) is 1.05. The molecule has 0 aliphatic heterocycles. The molecule has 7 nitrogen and oxygen atoms in total. The fraction of sp³-hybridized carbons (Fsp3) is 0.111. The van der Waals surface area contributed by atoms with Gasteiger partial charge in [0, 0.05) is 22.5 Å². The lowest BCUT2D eigenvalue weighted by molar-refractivity contribution is 0.455. The van der Waals surface area contributed by atoms with Crippen LogP contribution in [0.5, 0.6) is 0 Å². The Morgan fingerprint density at radius 1 is 1.16 bits per heavy atom. The van der Waals surface area contributed by atoms with Crippen molar-refractivity contribution >= 4 is 29.6 Å². The normalized spacial score (nSPS) is 14.8. The highest BCUT2D eigenvalue weighted by atomic mass is 35.7. The van der Waals surface area contributed by atoms with Gasteiger partial charge in [-0.1, -0.05) is 27.1 Å². The number of benzene rings is 1. The molecule has 102 valence electrons. The molecule has 0 amide bonds. The lowest BCUT2D eigenvalue weighted by atomic mass is 10.2. The van der Waals surface area contributed by atoms with Crippen LogP contribution in [0.1, 0.15) is 0 Å². The first-order valence-corrected chi connectivity index (χ1v) is 9.04. The molecule has 0 spiro atoms. The quantitative estimate of drug-likeness (QED) is 0.797. The highest BCUT2D eigenvalue weighted by Crippen LogP contribution is 2.20. The van der Waals surface area contributed by atoms with Gasteiger partial charge in [0.25, 0.3) is 0 Å². The Morgan fingerprint density at radius 2 is 1.79 bits per heavy atom. The summed E-state index contributed by atoms with van der Waals surface area (Å²) in [4.78, 5) is 0. The molecule has 19 heavy (non-hydrogen) atoms. The molecular formula is C9H8ClN3O4S2. The maximum Gasteiger partial charge on any atom is 0.347 e. The summed E-state index contributed by atoms with van der Waals surface area (Å²) in [6, 6.07) is 8.75. The zero-order chi connectivity index (χ0) is 14.1. The predicted octanol–water partition coefficient (Wildman–Crippen LogP) is 1.68. The fourth-order valence-electron chi connectivity index (χ4n) is 1.26. The highest BCUT2D eigenvalue weighted by molar-refractivity contribution is 8.17. The van der Waals surface area contributed by atoms with Crippen LogP contribution in [0.15, 0.2) is 43.7 Å². The average Bonchev–Trinajstić information content (AvgIpc) is 2.77. The minimum atomic E-state index is -4.29. The average molecular weight is 322 g/mol. The van der Waals surface area contributed by atoms with Gasteiger partial charge in [0.15, 0.2) is 0 Å². The number of hydrogen-bond acceptors (Lipinski definition) is 6. The summed E-state index contributed by atoms with van der Waals surface area (Å²) in [5.74, 6) is 0.118. The molecule has 2 aromatic rings. The SMILES string of the molecule is C[S@](=O)(=NS(=O)(=O)Cl)c1nnc(-c2ccccc2)o1. The van der Waals surface area contributed by atoms with Crippen LogP contribution in [-0.2, 0) is 19.0 Å². The van der Waals surface area contributed by atoms with Crippen molar-refractivity contribution < 1.29 is 17.0 Å². The second kappa shape index (κ2) is 4.91. The monoisotopic (exact) mass is 321 g/mol. The Balaban J connectivity index is 2.49. The van der Waals surface area contributed by atoms with Gasteiger partial charge in [0.1, 0.15) is 9.73 Å². The molecule has 0 fully saturated rings. The van der Waals surface area contributed by atoms with E-state index < -0.39 is 24.2 Å². The Morgan fingerprint density at radius 3 is 2.37 bits per heavy atom. The Hall–Kier alpha value is -1.45. The predicted molar refractivity (Wildman–Crippen MR) is 69.3 cm³/mol. The number of rotatable bonds is 3. The van der Waals surface area contributed by atoms with Gasteiger partial charge in [-0.15, -0.1) is 5.10 Å². The van der Waals surface area contributed by atoms with E-state index in [1.165, 1.54) is 0 Å². The van der Waals surface area contributed by atoms with Crippen molar-refractivity contribution in [2.24, 2.45) is 3.77 Å². The molecule has 1 aromatic heterocycles. The third kappa shape index (κ3) is 3.52. The van der Waals surface area contributed by atoms with Crippen LogP contribution in [0.25, 0.3) is 11.5 Å². The third-order valence-corrected chi connectivity index (χ3v) is 5.15. The van der Waals surface area contributed by atoms with E-state index in [0.29, 0.717) is 5.56 Å². The van der Waals surface area contributed by atoms with Crippen molar-refractivity contribution in [1.82, 2.24) is 10.2 Å². The number of hydrogen-bond donors (Lipinski definition) is 0. The van der Waals surface area contributed by atoms with E-state index in [-0.39, 0.29) is 5.89 Å². The van der Waals surface area contributed by atoms with Gasteiger partial charge in [-0.25, -0.2) is 4.21 Å². The van der Waals surface area contributed by atoms with E-state index in [1.807, 2.05) is 0 Å². The molecule has 0 aliphatic carbocycles. The van der Waals surface area contributed by atoms with E-state index in [1.54, 1.807) is 30.3 Å². The lowest BCUT2D eigenvalue weighted by Gasteiger charge is -1.95. The van der Waals surface area contributed by atoms with Gasteiger partial charge in [-0.2, -0.15) is 8.42 Å². The topological polar surface area (TPSA) is 102 Å². The van der Waals surface area contributed by atoms with Crippen LogP contribution < -0.4 is 0 Å². The molecule has 0 unspecified atom stereocenters. The summed E-state index contributed by atoms with van der Waals surface area (Å²) in [5, 5.41) is 6.84. The first-order chi connectivity index (χ1) is 8.78. The molecule has 0 saturated carbocycles. The summed E-state index contributed by atoms with van der Waals surface area (Å²) in [7, 11) is -2.75. The zero-order valence-electron chi connectivity index (χ0n) is 9.56. The molecular weight excluding hydrogens is 314 g/mol. The van der Waals surface area contributed by atoms with E-state index in [4.69, 9.17) is 15.1 Å². The molecule has 0 aliphatic rings. The van der Waals surface area contributed by atoms with Crippen molar-refractivity contribution in [2.75, 3.05) is 6.26 Å². The smallest absolute Gasteiger partial charge is 0.347 e. The molecule has 0 bridgehead atoms. The van der Waals surface area contributed by atoms with Crippen LogP contribution in [0, 0.1) is 0 Å². The second-order valence-corrected chi connectivity index (χ2v) is 8.07. The summed E-state index contributed by atoms with van der Waals surface area (Å²) in [6.45, 7) is 0. The summed E-state index contributed by atoms with van der Waals surface area (Å²) in [5.41, 5.74) is 0.616. The van der Waals surface area contributed by atoms with Crippen LogP contribution >= 0.6 is 10.7 Å². The van der Waals surface area contributed by atoms with Crippen LogP contribution in [0.2, 0.25) is 0 Å². The molecule has 10 heteroatoms. The van der Waals surface area contributed by atoms with Gasteiger partial charge in [0.2, 0.25) is 5.89 Å². The number of halogens is 1. The molecule has 0 N–H and O–H groups in total. The largest absolute Gasteiger partial charge is 0.409 e. The van der Waals surface area contributed by atoms with Crippen LogP contribution in [0.4, 0.5) is 0 Å². The van der Waals surface area contributed by atoms with Crippen molar-refractivity contribution in [3.8, 4) is 11.5 Å². The van der Waals surface area contributed by atoms with Crippen molar-refractivity contribution in [3.05, 3.63) is 30.3 Å². The van der Waals surface area contributed by atoms with Gasteiger partial charge >= 0.3 is 14.5 Å². The highest BCUT2D eigenvalue weighted by Gasteiger charge is 2.19. The lowest BCUT2D eigenvalue weighted by Crippen LogP contribution is -2.00. The summed E-state index contributed by atoms with van der Waals surface area (Å²) < 4.78 is 41.8. The van der Waals surface area contributed by atoms with E-state index in [2.05, 4.69) is 14.0 Å². The number of aromatic nitrogens is 2. The Bertz CT molecular complexity index is 807.